The number of aromatic nitrogens is 2. The van der Waals surface area contributed by atoms with Crippen LogP contribution in [0, 0.1) is 0 Å². The fourth-order valence-corrected chi connectivity index (χ4v) is 3.56. The molecule has 28 heavy (non-hydrogen) atoms. The van der Waals surface area contributed by atoms with Crippen LogP contribution in [0.1, 0.15) is 29.1 Å². The van der Waals surface area contributed by atoms with Crippen molar-refractivity contribution in [2.45, 2.75) is 25.4 Å². The van der Waals surface area contributed by atoms with Crippen LogP contribution in [0.3, 0.4) is 0 Å². The standard InChI is InChI=1S/C21H21ClN4O2/c22-18-9-5-4-8-17(18)21-25-24-19(28-21)14-26-12-10-16(11-13-26)23-20(27)15-6-2-1-3-7-15/h1-9,16H,10-14H2,(H,23,27). The highest BCUT2D eigenvalue weighted by atomic mass is 35.5. The number of rotatable bonds is 5. The van der Waals surface area contributed by atoms with E-state index in [2.05, 4.69) is 20.4 Å². The summed E-state index contributed by atoms with van der Waals surface area (Å²) in [5, 5.41) is 12.0. The molecule has 7 heteroatoms. The zero-order valence-corrected chi connectivity index (χ0v) is 16.1. The Morgan fingerprint density at radius 3 is 2.54 bits per heavy atom. The summed E-state index contributed by atoms with van der Waals surface area (Å²) in [6, 6.07) is 16.9. The van der Waals surface area contributed by atoms with E-state index in [0.717, 1.165) is 31.5 Å². The third kappa shape index (κ3) is 4.40. The first kappa shape index (κ1) is 18.7. The molecule has 0 radical (unpaired) electrons. The van der Waals surface area contributed by atoms with Gasteiger partial charge in [0.15, 0.2) is 0 Å². The Balaban J connectivity index is 1.29. The minimum atomic E-state index is -0.0136. The molecule has 2 aromatic carbocycles. The monoisotopic (exact) mass is 396 g/mol. The largest absolute Gasteiger partial charge is 0.419 e. The van der Waals surface area contributed by atoms with Gasteiger partial charge in [0.25, 0.3) is 5.91 Å². The van der Waals surface area contributed by atoms with Gasteiger partial charge in [-0.2, -0.15) is 0 Å². The van der Waals surface area contributed by atoms with Crippen LogP contribution in [0.2, 0.25) is 5.02 Å². The van der Waals surface area contributed by atoms with E-state index in [1.54, 1.807) is 6.07 Å². The maximum absolute atomic E-state index is 12.3. The molecule has 1 saturated heterocycles. The molecule has 0 spiro atoms. The Kier molecular flexibility index (Phi) is 5.69. The molecule has 1 aromatic heterocycles. The molecule has 1 aliphatic rings. The van der Waals surface area contributed by atoms with Crippen LogP contribution in [0.4, 0.5) is 0 Å². The number of carbonyl (C=O) groups is 1. The summed E-state index contributed by atoms with van der Waals surface area (Å²) in [7, 11) is 0. The van der Waals surface area contributed by atoms with Crippen LogP contribution < -0.4 is 5.32 Å². The van der Waals surface area contributed by atoms with Crippen molar-refractivity contribution in [3.8, 4) is 11.5 Å². The lowest BCUT2D eigenvalue weighted by Gasteiger charge is -2.31. The normalized spacial score (nSPS) is 15.5. The summed E-state index contributed by atoms with van der Waals surface area (Å²) in [5.41, 5.74) is 1.44. The molecular weight excluding hydrogens is 376 g/mol. The van der Waals surface area contributed by atoms with Crippen LogP contribution >= 0.6 is 11.6 Å². The zero-order chi connectivity index (χ0) is 19.3. The predicted octanol–water partition coefficient (Wildman–Crippen LogP) is 3.78. The van der Waals surface area contributed by atoms with Gasteiger partial charge in [-0.3, -0.25) is 9.69 Å². The number of carbonyl (C=O) groups excluding carboxylic acids is 1. The fraction of sp³-hybridized carbons (Fsp3) is 0.286. The van der Waals surface area contributed by atoms with Gasteiger partial charge in [-0.1, -0.05) is 41.9 Å². The van der Waals surface area contributed by atoms with Crippen molar-refractivity contribution in [3.63, 3.8) is 0 Å². The topological polar surface area (TPSA) is 71.3 Å². The molecule has 144 valence electrons. The maximum atomic E-state index is 12.3. The van der Waals surface area contributed by atoms with Crippen LogP contribution in [0.15, 0.2) is 59.0 Å². The van der Waals surface area contributed by atoms with Gasteiger partial charge in [0.2, 0.25) is 11.8 Å². The first-order valence-electron chi connectivity index (χ1n) is 9.34. The van der Waals surface area contributed by atoms with E-state index in [-0.39, 0.29) is 11.9 Å². The third-order valence-electron chi connectivity index (χ3n) is 4.89. The molecule has 3 aromatic rings. The molecule has 1 fully saturated rings. The lowest BCUT2D eigenvalue weighted by molar-refractivity contribution is 0.0905. The van der Waals surface area contributed by atoms with E-state index < -0.39 is 0 Å². The maximum Gasteiger partial charge on any atom is 0.251 e. The Morgan fingerprint density at radius 1 is 1.07 bits per heavy atom. The molecule has 0 saturated carbocycles. The van der Waals surface area contributed by atoms with E-state index in [4.69, 9.17) is 16.0 Å². The second-order valence-electron chi connectivity index (χ2n) is 6.87. The van der Waals surface area contributed by atoms with Gasteiger partial charge in [0.05, 0.1) is 17.1 Å². The zero-order valence-electron chi connectivity index (χ0n) is 15.3. The number of nitrogens with one attached hydrogen (secondary N) is 1. The second kappa shape index (κ2) is 8.54. The van der Waals surface area contributed by atoms with E-state index >= 15 is 0 Å². The molecule has 0 bridgehead atoms. The highest BCUT2D eigenvalue weighted by Gasteiger charge is 2.23. The number of hydrogen-bond acceptors (Lipinski definition) is 5. The van der Waals surface area contributed by atoms with Crippen molar-refractivity contribution < 1.29 is 9.21 Å². The smallest absolute Gasteiger partial charge is 0.251 e. The summed E-state index contributed by atoms with van der Waals surface area (Å²) in [5.74, 6) is 0.993. The van der Waals surface area contributed by atoms with Crippen LogP contribution in [-0.4, -0.2) is 40.1 Å². The number of amides is 1. The van der Waals surface area contributed by atoms with Gasteiger partial charge in [-0.25, -0.2) is 0 Å². The number of halogens is 1. The van der Waals surface area contributed by atoms with Crippen molar-refractivity contribution >= 4 is 17.5 Å². The molecule has 0 unspecified atom stereocenters. The second-order valence-corrected chi connectivity index (χ2v) is 7.28. The molecule has 1 N–H and O–H groups in total. The van der Waals surface area contributed by atoms with Gasteiger partial charge in [-0.05, 0) is 37.1 Å². The summed E-state index contributed by atoms with van der Waals surface area (Å²) in [6.45, 7) is 2.32. The Labute approximate surface area is 168 Å². The SMILES string of the molecule is O=C(NC1CCN(Cc2nnc(-c3ccccc3Cl)o2)CC1)c1ccccc1. The van der Waals surface area contributed by atoms with Gasteiger partial charge in [0.1, 0.15) is 0 Å². The highest BCUT2D eigenvalue weighted by Crippen LogP contribution is 2.26. The molecule has 6 nitrogen and oxygen atoms in total. The van der Waals surface area contributed by atoms with E-state index in [1.165, 1.54) is 0 Å². The molecule has 2 heterocycles. The van der Waals surface area contributed by atoms with Crippen LogP contribution in [-0.2, 0) is 6.54 Å². The van der Waals surface area contributed by atoms with Gasteiger partial charge in [-0.15, -0.1) is 10.2 Å². The minimum Gasteiger partial charge on any atom is -0.419 e. The Morgan fingerprint density at radius 2 is 1.79 bits per heavy atom. The average molecular weight is 397 g/mol. The van der Waals surface area contributed by atoms with E-state index in [0.29, 0.717) is 28.9 Å². The fourth-order valence-electron chi connectivity index (χ4n) is 3.35. The summed E-state index contributed by atoms with van der Waals surface area (Å²) in [4.78, 5) is 14.5. The van der Waals surface area contributed by atoms with Gasteiger partial charge >= 0.3 is 0 Å². The number of benzene rings is 2. The minimum absolute atomic E-state index is 0.0136. The first-order chi connectivity index (χ1) is 13.7. The van der Waals surface area contributed by atoms with Crippen molar-refractivity contribution in [2.75, 3.05) is 13.1 Å². The average Bonchev–Trinajstić information content (AvgIpc) is 3.18. The lowest BCUT2D eigenvalue weighted by Crippen LogP contribution is -2.44. The van der Waals surface area contributed by atoms with Crippen molar-refractivity contribution in [2.24, 2.45) is 0 Å². The number of hydrogen-bond donors (Lipinski definition) is 1. The van der Waals surface area contributed by atoms with Crippen LogP contribution in [0.25, 0.3) is 11.5 Å². The Hall–Kier alpha value is -2.70. The molecule has 0 aliphatic carbocycles. The Bertz CT molecular complexity index is 936. The molecular formula is C21H21ClN4O2. The first-order valence-corrected chi connectivity index (χ1v) is 9.72. The summed E-state index contributed by atoms with van der Waals surface area (Å²) in [6.07, 6.45) is 1.79. The molecule has 1 amide bonds. The molecule has 0 atom stereocenters. The quantitative estimate of drug-likeness (QED) is 0.710. The number of piperidine rings is 1. The summed E-state index contributed by atoms with van der Waals surface area (Å²) < 4.78 is 5.78. The van der Waals surface area contributed by atoms with Crippen molar-refractivity contribution in [3.05, 3.63) is 71.1 Å². The number of nitrogens with zero attached hydrogens (tertiary/aromatic N) is 3. The van der Waals surface area contributed by atoms with E-state index in [9.17, 15) is 4.79 Å². The van der Waals surface area contributed by atoms with Crippen LogP contribution in [0.5, 0.6) is 0 Å². The molecule has 1 aliphatic heterocycles. The van der Waals surface area contributed by atoms with Gasteiger partial charge in [0, 0.05) is 24.7 Å². The molecule has 4 rings (SSSR count). The lowest BCUT2D eigenvalue weighted by atomic mass is 10.0. The van der Waals surface area contributed by atoms with Gasteiger partial charge < -0.3 is 9.73 Å². The number of likely N-dealkylation sites (tertiary alicyclic amines) is 1. The van der Waals surface area contributed by atoms with Crippen molar-refractivity contribution in [1.29, 1.82) is 0 Å². The summed E-state index contributed by atoms with van der Waals surface area (Å²) >= 11 is 6.19. The third-order valence-corrected chi connectivity index (χ3v) is 5.22. The highest BCUT2D eigenvalue weighted by molar-refractivity contribution is 6.33. The van der Waals surface area contributed by atoms with E-state index in [1.807, 2.05) is 48.5 Å². The predicted molar refractivity (Wildman–Crippen MR) is 107 cm³/mol. The van der Waals surface area contributed by atoms with Crippen molar-refractivity contribution in [1.82, 2.24) is 20.4 Å².